The van der Waals surface area contributed by atoms with Crippen LogP contribution in [-0.4, -0.2) is 37.2 Å². The third kappa shape index (κ3) is 68.0. The van der Waals surface area contributed by atoms with Gasteiger partial charge in [-0.3, -0.25) is 14.4 Å². The zero-order chi connectivity index (χ0) is 58.5. The normalized spacial score (nSPS) is 12.3. The second kappa shape index (κ2) is 69.9. The van der Waals surface area contributed by atoms with Crippen LogP contribution in [0.4, 0.5) is 0 Å². The summed E-state index contributed by atoms with van der Waals surface area (Å²) >= 11 is 0. The summed E-state index contributed by atoms with van der Waals surface area (Å²) in [5.41, 5.74) is 0. The van der Waals surface area contributed by atoms with Gasteiger partial charge in [0, 0.05) is 19.3 Å². The minimum atomic E-state index is -0.775. The molecule has 81 heavy (non-hydrogen) atoms. The van der Waals surface area contributed by atoms with Gasteiger partial charge in [0.15, 0.2) is 6.10 Å². The molecule has 0 aromatic heterocycles. The molecule has 0 aliphatic rings. The van der Waals surface area contributed by atoms with Crippen molar-refractivity contribution in [1.29, 1.82) is 0 Å². The first-order valence-electron chi connectivity index (χ1n) is 36.1. The van der Waals surface area contributed by atoms with Crippen LogP contribution in [0, 0.1) is 0 Å². The van der Waals surface area contributed by atoms with Gasteiger partial charge >= 0.3 is 17.9 Å². The molecule has 0 bridgehead atoms. The summed E-state index contributed by atoms with van der Waals surface area (Å²) in [6, 6.07) is 0. The highest BCUT2D eigenvalue weighted by molar-refractivity contribution is 5.71. The largest absolute Gasteiger partial charge is 0.462 e. The van der Waals surface area contributed by atoms with Crippen LogP contribution >= 0.6 is 0 Å². The lowest BCUT2D eigenvalue weighted by molar-refractivity contribution is -0.167. The molecule has 0 aliphatic heterocycles. The number of carbonyl (C=O) groups is 3. The Hall–Kier alpha value is -2.63. The van der Waals surface area contributed by atoms with E-state index in [1.54, 1.807) is 0 Å². The predicted molar refractivity (Wildman–Crippen MR) is 353 cm³/mol. The van der Waals surface area contributed by atoms with Gasteiger partial charge in [0.1, 0.15) is 13.2 Å². The molecule has 0 N–H and O–H groups in total. The van der Waals surface area contributed by atoms with Crippen molar-refractivity contribution in [2.24, 2.45) is 0 Å². The van der Waals surface area contributed by atoms with Crippen molar-refractivity contribution in [2.75, 3.05) is 13.2 Å². The van der Waals surface area contributed by atoms with Crippen molar-refractivity contribution < 1.29 is 28.6 Å². The van der Waals surface area contributed by atoms with Crippen molar-refractivity contribution in [2.45, 2.75) is 399 Å². The monoisotopic (exact) mass is 1140 g/mol. The fourth-order valence-electron chi connectivity index (χ4n) is 10.9. The summed E-state index contributed by atoms with van der Waals surface area (Å²) in [6.45, 7) is 6.69. The molecule has 0 rings (SSSR count). The number of rotatable bonds is 67. The first kappa shape index (κ1) is 78.4. The molecule has 0 saturated carbocycles. The summed E-state index contributed by atoms with van der Waals surface area (Å²) in [6.07, 6.45) is 88.5. The van der Waals surface area contributed by atoms with E-state index in [9.17, 15) is 14.4 Å². The van der Waals surface area contributed by atoms with Gasteiger partial charge in [0.25, 0.3) is 0 Å². The van der Waals surface area contributed by atoms with Gasteiger partial charge < -0.3 is 14.2 Å². The minimum Gasteiger partial charge on any atom is -0.462 e. The second-order valence-electron chi connectivity index (χ2n) is 24.5. The van der Waals surface area contributed by atoms with Crippen molar-refractivity contribution in [3.8, 4) is 0 Å². The van der Waals surface area contributed by atoms with Crippen LogP contribution in [-0.2, 0) is 28.6 Å². The summed E-state index contributed by atoms with van der Waals surface area (Å²) in [7, 11) is 0. The summed E-state index contributed by atoms with van der Waals surface area (Å²) in [5, 5.41) is 0. The second-order valence-corrected chi connectivity index (χ2v) is 24.5. The van der Waals surface area contributed by atoms with E-state index in [-0.39, 0.29) is 31.1 Å². The molecule has 0 heterocycles. The van der Waals surface area contributed by atoms with E-state index in [0.29, 0.717) is 19.3 Å². The number of unbranched alkanes of at least 4 members (excludes halogenated alkanes) is 48. The number of hydrogen-bond acceptors (Lipinski definition) is 6. The molecule has 0 aliphatic carbocycles. The molecule has 1 atom stereocenters. The number of hydrogen-bond donors (Lipinski definition) is 0. The van der Waals surface area contributed by atoms with Crippen molar-refractivity contribution in [3.05, 3.63) is 48.6 Å². The Morgan fingerprint density at radius 3 is 0.704 bits per heavy atom. The number of carbonyl (C=O) groups excluding carboxylic acids is 3. The maximum atomic E-state index is 13.0. The van der Waals surface area contributed by atoms with Gasteiger partial charge in [-0.2, -0.15) is 0 Å². The van der Waals surface area contributed by atoms with Crippen LogP contribution in [0.3, 0.4) is 0 Å². The van der Waals surface area contributed by atoms with Crippen molar-refractivity contribution >= 4 is 17.9 Å². The molecule has 6 heteroatoms. The third-order valence-corrected chi connectivity index (χ3v) is 16.3. The Morgan fingerprint density at radius 1 is 0.247 bits per heavy atom. The SMILES string of the molecule is CCCCCCC/C=C\C/C=C\C/C=C\CCCCCCCCCCCCCCCCC(=O)OCC(COC(=O)CCCCCCC/C=C\CCCCCCCC)OC(=O)CCCCCCCCCCCCCCCCCCCCC. The molecule has 0 amide bonds. The number of ether oxygens (including phenoxy) is 3. The Balaban J connectivity index is 4.24. The Labute approximate surface area is 505 Å². The zero-order valence-corrected chi connectivity index (χ0v) is 54.6. The molecule has 0 saturated heterocycles. The van der Waals surface area contributed by atoms with Crippen LogP contribution in [0.1, 0.15) is 393 Å². The van der Waals surface area contributed by atoms with E-state index < -0.39 is 6.10 Å². The molecule has 0 spiro atoms. The van der Waals surface area contributed by atoms with E-state index in [4.69, 9.17) is 14.2 Å². The molecule has 1 unspecified atom stereocenters. The molecule has 0 fully saturated rings. The molecular formula is C75H138O6. The lowest BCUT2D eigenvalue weighted by Crippen LogP contribution is -2.30. The molecular weight excluding hydrogens is 997 g/mol. The van der Waals surface area contributed by atoms with Crippen molar-refractivity contribution in [1.82, 2.24) is 0 Å². The number of allylic oxidation sites excluding steroid dienone is 8. The lowest BCUT2D eigenvalue weighted by atomic mass is 10.0. The van der Waals surface area contributed by atoms with Gasteiger partial charge in [0.2, 0.25) is 0 Å². The molecule has 0 radical (unpaired) electrons. The highest BCUT2D eigenvalue weighted by atomic mass is 16.6. The van der Waals surface area contributed by atoms with E-state index in [0.717, 1.165) is 77.0 Å². The molecule has 474 valence electrons. The summed E-state index contributed by atoms with van der Waals surface area (Å²) in [5.74, 6) is -0.852. The zero-order valence-electron chi connectivity index (χ0n) is 54.6. The van der Waals surface area contributed by atoms with Crippen LogP contribution in [0.15, 0.2) is 48.6 Å². The highest BCUT2D eigenvalue weighted by Crippen LogP contribution is 2.18. The minimum absolute atomic E-state index is 0.0711. The van der Waals surface area contributed by atoms with Crippen LogP contribution in [0.25, 0.3) is 0 Å². The topological polar surface area (TPSA) is 78.9 Å². The van der Waals surface area contributed by atoms with Gasteiger partial charge in [0.05, 0.1) is 0 Å². The van der Waals surface area contributed by atoms with Gasteiger partial charge in [-0.1, -0.05) is 339 Å². The quantitative estimate of drug-likeness (QED) is 0.0261. The first-order chi connectivity index (χ1) is 40.0. The smallest absolute Gasteiger partial charge is 0.306 e. The van der Waals surface area contributed by atoms with Gasteiger partial charge in [-0.25, -0.2) is 0 Å². The Bertz CT molecular complexity index is 1400. The van der Waals surface area contributed by atoms with Crippen molar-refractivity contribution in [3.63, 3.8) is 0 Å². The predicted octanol–water partition coefficient (Wildman–Crippen LogP) is 24.9. The van der Waals surface area contributed by atoms with E-state index in [1.165, 1.54) is 276 Å². The van der Waals surface area contributed by atoms with E-state index >= 15 is 0 Å². The molecule has 6 nitrogen and oxygen atoms in total. The average molecular weight is 1140 g/mol. The molecule has 0 aromatic rings. The average Bonchev–Trinajstić information content (AvgIpc) is 3.47. The standard InChI is InChI=1S/C75H138O6/c1-4-7-10-13-16-19-22-25-28-30-32-33-34-35-36-37-38-39-40-41-43-44-47-50-53-56-59-62-65-68-74(77)80-71-72(70-79-73(76)67-64-61-58-55-52-49-46-27-24-21-18-15-12-9-6-3)81-75(78)69-66-63-60-57-54-51-48-45-42-31-29-26-23-20-17-14-11-8-5-2/h22,25,27,30,32,34-35,46,72H,4-21,23-24,26,28-29,31,33,36-45,47-71H2,1-3H3/b25-22-,32-30-,35-34-,46-27-. The third-order valence-electron chi connectivity index (χ3n) is 16.3. The van der Waals surface area contributed by atoms with Crippen LogP contribution < -0.4 is 0 Å². The Morgan fingerprint density at radius 2 is 0.444 bits per heavy atom. The van der Waals surface area contributed by atoms with Crippen LogP contribution in [0.2, 0.25) is 0 Å². The summed E-state index contributed by atoms with van der Waals surface area (Å²) in [4.78, 5) is 38.5. The van der Waals surface area contributed by atoms with Gasteiger partial charge in [-0.15, -0.1) is 0 Å². The highest BCUT2D eigenvalue weighted by Gasteiger charge is 2.19. The summed E-state index contributed by atoms with van der Waals surface area (Å²) < 4.78 is 17.0. The number of esters is 3. The van der Waals surface area contributed by atoms with E-state index in [2.05, 4.69) is 69.4 Å². The lowest BCUT2D eigenvalue weighted by Gasteiger charge is -2.18. The fraction of sp³-hybridized carbons (Fsp3) is 0.853. The molecule has 0 aromatic carbocycles. The van der Waals surface area contributed by atoms with Crippen LogP contribution in [0.5, 0.6) is 0 Å². The first-order valence-corrected chi connectivity index (χ1v) is 36.1. The maximum absolute atomic E-state index is 13.0. The Kier molecular flexibility index (Phi) is 67.6. The van der Waals surface area contributed by atoms with Gasteiger partial charge in [-0.05, 0) is 83.5 Å². The van der Waals surface area contributed by atoms with E-state index in [1.807, 2.05) is 0 Å². The fourth-order valence-corrected chi connectivity index (χ4v) is 10.9. The maximum Gasteiger partial charge on any atom is 0.306 e.